The molecule has 7 nitrogen and oxygen atoms in total. The number of hydrogen-bond acceptors (Lipinski definition) is 6. The van der Waals surface area contributed by atoms with Crippen molar-refractivity contribution in [3.63, 3.8) is 0 Å². The number of nitrogens with one attached hydrogen (secondary N) is 2. The maximum atomic E-state index is 12.5. The lowest BCUT2D eigenvalue weighted by Gasteiger charge is -2.10. The molecule has 0 unspecified atom stereocenters. The van der Waals surface area contributed by atoms with Crippen molar-refractivity contribution >= 4 is 43.7 Å². The number of amides is 2. The standard InChI is InChI=1S/C18H16N2O5S2/c1-2-27(23,24)15-8-4-3-6-12(15)19-18(22)14-9-10-16(26-14)20-17(21)13-7-5-11-25-13/h3-11H,2H2,1H3,(H,19,22)(H,20,21). The molecule has 140 valence electrons. The zero-order valence-corrected chi connectivity index (χ0v) is 15.9. The number of carbonyl (C=O) groups is 2. The van der Waals surface area contributed by atoms with Gasteiger partial charge in [-0.1, -0.05) is 19.1 Å². The van der Waals surface area contributed by atoms with Crippen LogP contribution in [0.15, 0.2) is 64.1 Å². The molecule has 0 atom stereocenters. The fourth-order valence-electron chi connectivity index (χ4n) is 2.29. The van der Waals surface area contributed by atoms with E-state index in [-0.39, 0.29) is 22.1 Å². The summed E-state index contributed by atoms with van der Waals surface area (Å²) < 4.78 is 29.4. The molecule has 0 saturated heterocycles. The molecule has 2 aromatic heterocycles. The second-order valence-corrected chi connectivity index (χ2v) is 8.78. The third-order valence-corrected chi connectivity index (χ3v) is 6.45. The van der Waals surface area contributed by atoms with Crippen LogP contribution in [0, 0.1) is 0 Å². The Balaban J connectivity index is 1.75. The summed E-state index contributed by atoms with van der Waals surface area (Å²) in [6.07, 6.45) is 1.39. The van der Waals surface area contributed by atoms with Crippen LogP contribution in [0.1, 0.15) is 27.2 Å². The highest BCUT2D eigenvalue weighted by molar-refractivity contribution is 7.91. The van der Waals surface area contributed by atoms with Gasteiger partial charge in [-0.15, -0.1) is 11.3 Å². The van der Waals surface area contributed by atoms with Gasteiger partial charge in [0.05, 0.1) is 32.5 Å². The first-order valence-electron chi connectivity index (χ1n) is 7.98. The maximum absolute atomic E-state index is 12.5. The van der Waals surface area contributed by atoms with E-state index in [4.69, 9.17) is 4.42 Å². The normalized spacial score (nSPS) is 11.1. The predicted molar refractivity (Wildman–Crippen MR) is 103 cm³/mol. The number of benzene rings is 1. The Morgan fingerprint density at radius 1 is 1.00 bits per heavy atom. The lowest BCUT2D eigenvalue weighted by atomic mass is 10.3. The highest BCUT2D eigenvalue weighted by atomic mass is 32.2. The maximum Gasteiger partial charge on any atom is 0.291 e. The Morgan fingerprint density at radius 2 is 1.78 bits per heavy atom. The van der Waals surface area contributed by atoms with Crippen molar-refractivity contribution in [1.29, 1.82) is 0 Å². The zero-order chi connectivity index (χ0) is 19.4. The second-order valence-electron chi connectivity index (χ2n) is 5.45. The Hall–Kier alpha value is -2.91. The number of sulfone groups is 1. The van der Waals surface area contributed by atoms with Gasteiger partial charge in [0, 0.05) is 0 Å². The van der Waals surface area contributed by atoms with Crippen LogP contribution in [0.4, 0.5) is 10.7 Å². The lowest BCUT2D eigenvalue weighted by Crippen LogP contribution is -2.14. The highest BCUT2D eigenvalue weighted by Crippen LogP contribution is 2.26. The molecular weight excluding hydrogens is 388 g/mol. The number of carbonyl (C=O) groups excluding carboxylic acids is 2. The number of anilines is 2. The second kappa shape index (κ2) is 7.77. The molecule has 0 bridgehead atoms. The van der Waals surface area contributed by atoms with Crippen LogP contribution >= 0.6 is 11.3 Å². The van der Waals surface area contributed by atoms with E-state index in [2.05, 4.69) is 10.6 Å². The van der Waals surface area contributed by atoms with Gasteiger partial charge in [-0.3, -0.25) is 9.59 Å². The predicted octanol–water partition coefficient (Wildman–Crippen LogP) is 3.64. The topological polar surface area (TPSA) is 105 Å². The molecule has 0 aliphatic carbocycles. The Labute approximate surface area is 159 Å². The number of rotatable bonds is 6. The van der Waals surface area contributed by atoms with E-state index in [1.807, 2.05) is 0 Å². The molecule has 3 rings (SSSR count). The van der Waals surface area contributed by atoms with Gasteiger partial charge in [0.15, 0.2) is 15.6 Å². The molecule has 0 aliphatic rings. The van der Waals surface area contributed by atoms with E-state index in [9.17, 15) is 18.0 Å². The van der Waals surface area contributed by atoms with E-state index in [1.165, 1.54) is 24.5 Å². The third kappa shape index (κ3) is 4.26. The van der Waals surface area contributed by atoms with Gasteiger partial charge in [-0.05, 0) is 36.4 Å². The van der Waals surface area contributed by atoms with E-state index < -0.39 is 21.7 Å². The summed E-state index contributed by atoms with van der Waals surface area (Å²) in [7, 11) is -3.47. The van der Waals surface area contributed by atoms with Crippen molar-refractivity contribution in [2.45, 2.75) is 11.8 Å². The van der Waals surface area contributed by atoms with Gasteiger partial charge in [0.2, 0.25) is 0 Å². The Morgan fingerprint density at radius 3 is 2.48 bits per heavy atom. The molecule has 0 aliphatic heterocycles. The molecule has 9 heteroatoms. The van der Waals surface area contributed by atoms with Crippen LogP contribution in [0.2, 0.25) is 0 Å². The Kier molecular flexibility index (Phi) is 5.43. The Bertz CT molecular complexity index is 1070. The molecule has 0 saturated carbocycles. The van der Waals surface area contributed by atoms with Gasteiger partial charge in [0.1, 0.15) is 0 Å². The molecule has 2 amide bonds. The monoisotopic (exact) mass is 404 g/mol. The van der Waals surface area contributed by atoms with Crippen molar-refractivity contribution in [3.8, 4) is 0 Å². The first-order chi connectivity index (χ1) is 12.9. The summed E-state index contributed by atoms with van der Waals surface area (Å²) in [6, 6.07) is 12.5. The van der Waals surface area contributed by atoms with Crippen LogP contribution < -0.4 is 10.6 Å². The number of thiophene rings is 1. The van der Waals surface area contributed by atoms with Crippen LogP contribution in [-0.4, -0.2) is 26.0 Å². The third-order valence-electron chi connectivity index (χ3n) is 3.66. The summed E-state index contributed by atoms with van der Waals surface area (Å²) >= 11 is 1.07. The zero-order valence-electron chi connectivity index (χ0n) is 14.3. The van der Waals surface area contributed by atoms with Gasteiger partial charge in [0.25, 0.3) is 11.8 Å². The average Bonchev–Trinajstić information content (AvgIpc) is 3.34. The molecular formula is C18H16N2O5S2. The molecule has 3 aromatic rings. The number of hydrogen-bond donors (Lipinski definition) is 2. The minimum Gasteiger partial charge on any atom is -0.459 e. The van der Waals surface area contributed by atoms with E-state index in [0.29, 0.717) is 9.88 Å². The average molecular weight is 404 g/mol. The van der Waals surface area contributed by atoms with Crippen LogP contribution in [0.5, 0.6) is 0 Å². The van der Waals surface area contributed by atoms with Gasteiger partial charge >= 0.3 is 0 Å². The number of para-hydroxylation sites is 1. The molecule has 2 heterocycles. The van der Waals surface area contributed by atoms with Crippen molar-refractivity contribution in [2.24, 2.45) is 0 Å². The van der Waals surface area contributed by atoms with E-state index in [0.717, 1.165) is 11.3 Å². The van der Waals surface area contributed by atoms with Gasteiger partial charge < -0.3 is 15.1 Å². The molecule has 2 N–H and O–H groups in total. The first-order valence-corrected chi connectivity index (χ1v) is 10.5. The minimum absolute atomic E-state index is 0.0676. The molecule has 0 radical (unpaired) electrons. The van der Waals surface area contributed by atoms with Gasteiger partial charge in [-0.2, -0.15) is 0 Å². The van der Waals surface area contributed by atoms with E-state index >= 15 is 0 Å². The first kappa shape index (κ1) is 18.9. The molecule has 0 fully saturated rings. The lowest BCUT2D eigenvalue weighted by molar-refractivity contribution is 0.0995. The quantitative estimate of drug-likeness (QED) is 0.652. The molecule has 27 heavy (non-hydrogen) atoms. The summed E-state index contributed by atoms with van der Waals surface area (Å²) in [6.45, 7) is 1.54. The summed E-state index contributed by atoms with van der Waals surface area (Å²) in [4.78, 5) is 24.9. The van der Waals surface area contributed by atoms with E-state index in [1.54, 1.807) is 37.3 Å². The van der Waals surface area contributed by atoms with Crippen LogP contribution in [0.3, 0.4) is 0 Å². The molecule has 0 spiro atoms. The minimum atomic E-state index is -3.47. The fourth-order valence-corrected chi connectivity index (χ4v) is 4.14. The number of furan rings is 1. The molecule has 1 aromatic carbocycles. The summed E-state index contributed by atoms with van der Waals surface area (Å²) in [5.74, 6) is -0.791. The van der Waals surface area contributed by atoms with Crippen LogP contribution in [0.25, 0.3) is 0 Å². The van der Waals surface area contributed by atoms with Crippen molar-refractivity contribution < 1.29 is 22.4 Å². The SMILES string of the molecule is CCS(=O)(=O)c1ccccc1NC(=O)c1ccc(NC(=O)c2ccco2)s1. The van der Waals surface area contributed by atoms with Gasteiger partial charge in [-0.25, -0.2) is 8.42 Å². The highest BCUT2D eigenvalue weighted by Gasteiger charge is 2.19. The van der Waals surface area contributed by atoms with Crippen molar-refractivity contribution in [3.05, 3.63) is 65.4 Å². The summed E-state index contributed by atoms with van der Waals surface area (Å²) in [5, 5.41) is 5.73. The largest absolute Gasteiger partial charge is 0.459 e. The van der Waals surface area contributed by atoms with Crippen molar-refractivity contribution in [1.82, 2.24) is 0 Å². The van der Waals surface area contributed by atoms with Crippen molar-refractivity contribution in [2.75, 3.05) is 16.4 Å². The fraction of sp³-hybridized carbons (Fsp3) is 0.111. The van der Waals surface area contributed by atoms with Crippen LogP contribution in [-0.2, 0) is 9.84 Å². The summed E-state index contributed by atoms with van der Waals surface area (Å²) in [5.41, 5.74) is 0.221. The smallest absolute Gasteiger partial charge is 0.291 e.